The van der Waals surface area contributed by atoms with Crippen molar-refractivity contribution < 1.29 is 19.4 Å². The Labute approximate surface area is 169 Å². The van der Waals surface area contributed by atoms with Gasteiger partial charge in [-0.1, -0.05) is 72.8 Å². The molecule has 4 heteroatoms. The lowest BCUT2D eigenvalue weighted by Gasteiger charge is -2.09. The zero-order valence-electron chi connectivity index (χ0n) is 15.9. The summed E-state index contributed by atoms with van der Waals surface area (Å²) in [6.45, 7) is 0. The van der Waals surface area contributed by atoms with E-state index in [2.05, 4.69) is 0 Å². The molecule has 0 radical (unpaired) electrons. The van der Waals surface area contributed by atoms with E-state index in [9.17, 15) is 14.7 Å². The summed E-state index contributed by atoms with van der Waals surface area (Å²) in [5.74, 6) is -0.596. The van der Waals surface area contributed by atoms with Gasteiger partial charge in [-0.15, -0.1) is 0 Å². The summed E-state index contributed by atoms with van der Waals surface area (Å²) >= 11 is 0. The maximum Gasteiger partial charge on any atom is 0.189 e. The molecule has 0 spiro atoms. The molecular formula is C25H20O4. The molecule has 0 atom stereocenters. The molecule has 0 heterocycles. The highest BCUT2D eigenvalue weighted by molar-refractivity contribution is 6.10. The van der Waals surface area contributed by atoms with Crippen LogP contribution in [0.1, 0.15) is 31.8 Å². The van der Waals surface area contributed by atoms with Crippen LogP contribution in [-0.4, -0.2) is 23.8 Å². The number of aromatic hydroxyl groups is 1. The molecule has 3 aromatic rings. The number of phenols is 1. The Morgan fingerprint density at radius 2 is 1.38 bits per heavy atom. The Balaban J connectivity index is 1.88. The highest BCUT2D eigenvalue weighted by atomic mass is 16.5. The van der Waals surface area contributed by atoms with E-state index in [0.717, 1.165) is 5.56 Å². The summed E-state index contributed by atoms with van der Waals surface area (Å²) in [5, 5.41) is 10.4. The summed E-state index contributed by atoms with van der Waals surface area (Å²) in [7, 11) is 1.41. The summed E-state index contributed by atoms with van der Waals surface area (Å²) in [6, 6.07) is 21.4. The second-order valence-electron chi connectivity index (χ2n) is 6.29. The fourth-order valence-corrected chi connectivity index (χ4v) is 2.77. The summed E-state index contributed by atoms with van der Waals surface area (Å²) < 4.78 is 5.19. The molecule has 0 aliphatic rings. The van der Waals surface area contributed by atoms with Crippen LogP contribution in [-0.2, 0) is 0 Å². The van der Waals surface area contributed by atoms with Gasteiger partial charge in [0.2, 0.25) is 0 Å². The van der Waals surface area contributed by atoms with Crippen LogP contribution in [0, 0.1) is 0 Å². The van der Waals surface area contributed by atoms with Gasteiger partial charge < -0.3 is 9.84 Å². The summed E-state index contributed by atoms with van der Waals surface area (Å²) in [6.07, 6.45) is 6.09. The van der Waals surface area contributed by atoms with Crippen LogP contribution in [0.25, 0.3) is 12.2 Å². The average Bonchev–Trinajstić information content (AvgIpc) is 2.77. The van der Waals surface area contributed by atoms with E-state index in [0.29, 0.717) is 11.1 Å². The molecule has 0 bridgehead atoms. The molecule has 0 saturated heterocycles. The molecule has 1 N–H and O–H groups in total. The number of rotatable bonds is 7. The SMILES string of the molecule is COc1cc(/C=C/C(=O)c2ccccc2)cc(C(=O)/C=C/c2ccccc2)c1O. The van der Waals surface area contributed by atoms with E-state index in [1.165, 1.54) is 25.3 Å². The van der Waals surface area contributed by atoms with E-state index < -0.39 is 0 Å². The van der Waals surface area contributed by atoms with Crippen molar-refractivity contribution in [2.45, 2.75) is 0 Å². The maximum absolute atomic E-state index is 12.6. The van der Waals surface area contributed by atoms with Gasteiger partial charge in [0.1, 0.15) is 0 Å². The standard InChI is InChI=1S/C25H20O4/c1-29-24-17-19(13-14-22(26)20-10-6-3-7-11-20)16-21(25(24)28)23(27)15-12-18-8-4-2-5-9-18/h2-17,28H,1H3/b14-13+,15-12+. The second-order valence-corrected chi connectivity index (χ2v) is 6.29. The van der Waals surface area contributed by atoms with Gasteiger partial charge in [-0.2, -0.15) is 0 Å². The van der Waals surface area contributed by atoms with Crippen molar-refractivity contribution in [3.8, 4) is 11.5 Å². The van der Waals surface area contributed by atoms with Gasteiger partial charge in [-0.25, -0.2) is 0 Å². The molecule has 0 aliphatic carbocycles. The van der Waals surface area contributed by atoms with Gasteiger partial charge in [0.15, 0.2) is 23.1 Å². The number of phenolic OH excluding ortho intramolecular Hbond substituents is 1. The lowest BCUT2D eigenvalue weighted by atomic mass is 10.0. The fourth-order valence-electron chi connectivity index (χ4n) is 2.77. The minimum absolute atomic E-state index is 0.100. The normalized spacial score (nSPS) is 11.1. The van der Waals surface area contributed by atoms with Gasteiger partial charge in [0, 0.05) is 5.56 Å². The van der Waals surface area contributed by atoms with Crippen LogP contribution in [0.15, 0.2) is 84.9 Å². The average molecular weight is 384 g/mol. The fraction of sp³-hybridized carbons (Fsp3) is 0.0400. The lowest BCUT2D eigenvalue weighted by molar-refractivity contribution is 0.103. The third-order valence-electron chi connectivity index (χ3n) is 4.29. The number of hydrogen-bond acceptors (Lipinski definition) is 4. The third-order valence-corrected chi connectivity index (χ3v) is 4.29. The van der Waals surface area contributed by atoms with Crippen LogP contribution < -0.4 is 4.74 Å². The highest BCUT2D eigenvalue weighted by Crippen LogP contribution is 2.32. The molecular weight excluding hydrogens is 364 g/mol. The molecule has 3 rings (SSSR count). The second kappa shape index (κ2) is 9.33. The number of allylic oxidation sites excluding steroid dienone is 2. The number of carbonyl (C=O) groups is 2. The molecule has 144 valence electrons. The molecule has 0 aromatic heterocycles. The third kappa shape index (κ3) is 5.08. The Hall–Kier alpha value is -3.92. The number of methoxy groups -OCH3 is 1. The van der Waals surface area contributed by atoms with E-state index >= 15 is 0 Å². The van der Waals surface area contributed by atoms with Gasteiger partial charge in [0.05, 0.1) is 12.7 Å². The first-order valence-electron chi connectivity index (χ1n) is 9.04. The van der Waals surface area contributed by atoms with E-state index in [4.69, 9.17) is 4.74 Å². The number of ether oxygens (including phenoxy) is 1. The van der Waals surface area contributed by atoms with Crippen molar-refractivity contribution in [1.29, 1.82) is 0 Å². The molecule has 4 nitrogen and oxygen atoms in total. The lowest BCUT2D eigenvalue weighted by Crippen LogP contribution is -1.99. The van der Waals surface area contributed by atoms with Gasteiger partial charge in [-0.3, -0.25) is 9.59 Å². The zero-order chi connectivity index (χ0) is 20.6. The van der Waals surface area contributed by atoms with Crippen LogP contribution in [0.5, 0.6) is 11.5 Å². The molecule has 3 aromatic carbocycles. The van der Waals surface area contributed by atoms with Crippen molar-refractivity contribution in [3.63, 3.8) is 0 Å². The number of hydrogen-bond donors (Lipinski definition) is 1. The minimum Gasteiger partial charge on any atom is -0.504 e. The predicted molar refractivity (Wildman–Crippen MR) is 114 cm³/mol. The molecule has 0 unspecified atom stereocenters. The minimum atomic E-state index is -0.366. The number of carbonyl (C=O) groups excluding carboxylic acids is 2. The summed E-state index contributed by atoms with van der Waals surface area (Å²) in [5.41, 5.74) is 2.11. The van der Waals surface area contributed by atoms with Crippen LogP contribution in [0.2, 0.25) is 0 Å². The van der Waals surface area contributed by atoms with E-state index in [-0.39, 0.29) is 28.6 Å². The van der Waals surface area contributed by atoms with Crippen molar-refractivity contribution in [1.82, 2.24) is 0 Å². The highest BCUT2D eigenvalue weighted by Gasteiger charge is 2.15. The van der Waals surface area contributed by atoms with E-state index in [1.54, 1.807) is 42.5 Å². The monoisotopic (exact) mass is 384 g/mol. The number of ketones is 2. The Morgan fingerprint density at radius 3 is 2.03 bits per heavy atom. The quantitative estimate of drug-likeness (QED) is 0.450. The van der Waals surface area contributed by atoms with Gasteiger partial charge in [0.25, 0.3) is 0 Å². The molecule has 0 aliphatic heterocycles. The maximum atomic E-state index is 12.6. The first-order valence-corrected chi connectivity index (χ1v) is 9.04. The molecule has 0 saturated carbocycles. The van der Waals surface area contributed by atoms with Crippen molar-refractivity contribution >= 4 is 23.7 Å². The first-order chi connectivity index (χ1) is 14.1. The van der Waals surface area contributed by atoms with Crippen molar-refractivity contribution in [2.75, 3.05) is 7.11 Å². The van der Waals surface area contributed by atoms with Crippen LogP contribution in [0.4, 0.5) is 0 Å². The summed E-state index contributed by atoms with van der Waals surface area (Å²) in [4.78, 5) is 24.9. The molecule has 29 heavy (non-hydrogen) atoms. The van der Waals surface area contributed by atoms with Gasteiger partial charge >= 0.3 is 0 Å². The van der Waals surface area contributed by atoms with Crippen LogP contribution in [0.3, 0.4) is 0 Å². The Morgan fingerprint density at radius 1 is 0.793 bits per heavy atom. The molecule has 0 fully saturated rings. The van der Waals surface area contributed by atoms with Crippen molar-refractivity contribution in [2.24, 2.45) is 0 Å². The Bertz CT molecular complexity index is 1060. The van der Waals surface area contributed by atoms with E-state index in [1.807, 2.05) is 36.4 Å². The van der Waals surface area contributed by atoms with Crippen molar-refractivity contribution in [3.05, 3.63) is 107 Å². The smallest absolute Gasteiger partial charge is 0.189 e. The molecule has 0 amide bonds. The first kappa shape index (κ1) is 19.8. The number of benzene rings is 3. The largest absolute Gasteiger partial charge is 0.504 e. The van der Waals surface area contributed by atoms with Crippen LogP contribution >= 0.6 is 0 Å². The predicted octanol–water partition coefficient (Wildman–Crippen LogP) is 5.19. The zero-order valence-corrected chi connectivity index (χ0v) is 15.9. The topological polar surface area (TPSA) is 63.6 Å². The Kier molecular flexibility index (Phi) is 6.38. The van der Waals surface area contributed by atoms with Gasteiger partial charge in [-0.05, 0) is 35.4 Å².